The summed E-state index contributed by atoms with van der Waals surface area (Å²) < 4.78 is 5.43. The van der Waals surface area contributed by atoms with E-state index in [0.29, 0.717) is 17.3 Å². The standard InChI is InChI=1S/C9H10ClN3O2/c10-5-1-2-7-6(3-5)12-4-8(15-7)9(14)13-11/h1-3,8,12H,4,11H2,(H,13,14)/t8-/m0/s1. The monoisotopic (exact) mass is 227 g/mol. The summed E-state index contributed by atoms with van der Waals surface area (Å²) in [5.41, 5.74) is 2.83. The van der Waals surface area contributed by atoms with Gasteiger partial charge in [-0.15, -0.1) is 0 Å². The molecule has 80 valence electrons. The van der Waals surface area contributed by atoms with Crippen LogP contribution in [0, 0.1) is 0 Å². The first-order valence-corrected chi connectivity index (χ1v) is 4.79. The Hall–Kier alpha value is -1.46. The first-order chi connectivity index (χ1) is 7.20. The highest BCUT2D eigenvalue weighted by Crippen LogP contribution is 2.31. The number of fused-ring (bicyclic) bond motifs is 1. The topological polar surface area (TPSA) is 76.4 Å². The molecular weight excluding hydrogens is 218 g/mol. The molecule has 15 heavy (non-hydrogen) atoms. The van der Waals surface area contributed by atoms with Crippen LogP contribution < -0.4 is 21.3 Å². The van der Waals surface area contributed by atoms with Gasteiger partial charge in [-0.1, -0.05) is 11.6 Å². The molecule has 0 bridgehead atoms. The number of carbonyl (C=O) groups is 1. The number of halogens is 1. The maximum Gasteiger partial charge on any atom is 0.276 e. The number of benzene rings is 1. The third-order valence-corrected chi connectivity index (χ3v) is 2.36. The lowest BCUT2D eigenvalue weighted by molar-refractivity contribution is -0.127. The molecule has 0 saturated heterocycles. The van der Waals surface area contributed by atoms with Crippen LogP contribution in [0.1, 0.15) is 0 Å². The van der Waals surface area contributed by atoms with Crippen LogP contribution >= 0.6 is 11.6 Å². The summed E-state index contributed by atoms with van der Waals surface area (Å²) in [5, 5.41) is 3.66. The summed E-state index contributed by atoms with van der Waals surface area (Å²) >= 11 is 5.81. The van der Waals surface area contributed by atoms with Crippen LogP contribution in [0.15, 0.2) is 18.2 Å². The number of hydrazine groups is 1. The maximum atomic E-state index is 11.2. The van der Waals surface area contributed by atoms with E-state index < -0.39 is 6.10 Å². The summed E-state index contributed by atoms with van der Waals surface area (Å²) in [4.78, 5) is 11.2. The number of ether oxygens (including phenoxy) is 1. The van der Waals surface area contributed by atoms with Crippen LogP contribution in [0.2, 0.25) is 5.02 Å². The second kappa shape index (κ2) is 3.96. The Bertz CT molecular complexity index is 397. The van der Waals surface area contributed by atoms with E-state index in [1.807, 2.05) is 5.43 Å². The Labute approximate surface area is 91.5 Å². The van der Waals surface area contributed by atoms with Crippen molar-refractivity contribution in [2.75, 3.05) is 11.9 Å². The van der Waals surface area contributed by atoms with E-state index in [-0.39, 0.29) is 5.91 Å². The van der Waals surface area contributed by atoms with Gasteiger partial charge < -0.3 is 10.1 Å². The molecule has 1 amide bonds. The van der Waals surface area contributed by atoms with Gasteiger partial charge in [0.15, 0.2) is 6.10 Å². The molecule has 1 aromatic rings. The summed E-state index contributed by atoms with van der Waals surface area (Å²) in [5.74, 6) is 5.26. The Morgan fingerprint density at radius 3 is 3.20 bits per heavy atom. The quantitative estimate of drug-likeness (QED) is 0.371. The molecule has 0 saturated carbocycles. The zero-order valence-corrected chi connectivity index (χ0v) is 8.54. The molecule has 1 aliphatic rings. The van der Waals surface area contributed by atoms with E-state index in [1.54, 1.807) is 18.2 Å². The van der Waals surface area contributed by atoms with Crippen molar-refractivity contribution in [2.24, 2.45) is 5.84 Å². The highest BCUT2D eigenvalue weighted by atomic mass is 35.5. The molecule has 0 spiro atoms. The summed E-state index contributed by atoms with van der Waals surface area (Å²) in [6.45, 7) is 0.371. The van der Waals surface area contributed by atoms with E-state index in [9.17, 15) is 4.79 Å². The molecule has 0 radical (unpaired) electrons. The Morgan fingerprint density at radius 2 is 2.47 bits per heavy atom. The number of hydrogen-bond acceptors (Lipinski definition) is 4. The van der Waals surface area contributed by atoms with E-state index in [4.69, 9.17) is 22.2 Å². The Morgan fingerprint density at radius 1 is 1.67 bits per heavy atom. The molecular formula is C9H10ClN3O2. The lowest BCUT2D eigenvalue weighted by Crippen LogP contribution is -2.47. The van der Waals surface area contributed by atoms with Crippen LogP contribution in [0.3, 0.4) is 0 Å². The summed E-state index contributed by atoms with van der Waals surface area (Å²) in [7, 11) is 0. The van der Waals surface area contributed by atoms with Crippen molar-refractivity contribution in [3.8, 4) is 5.75 Å². The predicted molar refractivity (Wildman–Crippen MR) is 56.7 cm³/mol. The van der Waals surface area contributed by atoms with Crippen molar-refractivity contribution in [3.05, 3.63) is 23.2 Å². The fraction of sp³-hybridized carbons (Fsp3) is 0.222. The van der Waals surface area contributed by atoms with Crippen LogP contribution in [0.5, 0.6) is 5.75 Å². The molecule has 6 heteroatoms. The van der Waals surface area contributed by atoms with Gasteiger partial charge in [0, 0.05) is 5.02 Å². The number of carbonyl (C=O) groups excluding carboxylic acids is 1. The van der Waals surface area contributed by atoms with E-state index in [2.05, 4.69) is 5.32 Å². The lowest BCUT2D eigenvalue weighted by atomic mass is 10.2. The number of nitrogens with two attached hydrogens (primary N) is 1. The molecule has 1 aromatic carbocycles. The van der Waals surface area contributed by atoms with Crippen LogP contribution in [0.4, 0.5) is 5.69 Å². The number of anilines is 1. The minimum absolute atomic E-state index is 0.358. The van der Waals surface area contributed by atoms with Gasteiger partial charge in [0.05, 0.1) is 12.2 Å². The first kappa shape index (κ1) is 10.1. The molecule has 1 aliphatic heterocycles. The predicted octanol–water partition coefficient (Wildman–Crippen LogP) is 0.503. The van der Waals surface area contributed by atoms with Gasteiger partial charge in [0.25, 0.3) is 5.91 Å². The van der Waals surface area contributed by atoms with Gasteiger partial charge in [-0.05, 0) is 18.2 Å². The van der Waals surface area contributed by atoms with Gasteiger partial charge in [-0.3, -0.25) is 10.2 Å². The molecule has 0 aromatic heterocycles. The normalized spacial score (nSPS) is 18.4. The van der Waals surface area contributed by atoms with Crippen molar-refractivity contribution in [3.63, 3.8) is 0 Å². The molecule has 1 atom stereocenters. The highest BCUT2D eigenvalue weighted by molar-refractivity contribution is 6.30. The van der Waals surface area contributed by atoms with Crippen molar-refractivity contribution in [2.45, 2.75) is 6.10 Å². The molecule has 4 N–H and O–H groups in total. The van der Waals surface area contributed by atoms with Gasteiger partial charge in [-0.2, -0.15) is 0 Å². The van der Waals surface area contributed by atoms with Gasteiger partial charge in [-0.25, -0.2) is 5.84 Å². The number of amides is 1. The Kier molecular flexibility index (Phi) is 2.66. The van der Waals surface area contributed by atoms with Gasteiger partial charge in [0.1, 0.15) is 5.75 Å². The Balaban J connectivity index is 2.20. The first-order valence-electron chi connectivity index (χ1n) is 4.41. The lowest BCUT2D eigenvalue weighted by Gasteiger charge is -2.25. The third kappa shape index (κ3) is 1.98. The molecule has 0 aliphatic carbocycles. The van der Waals surface area contributed by atoms with Gasteiger partial charge in [0.2, 0.25) is 0 Å². The van der Waals surface area contributed by atoms with E-state index in [0.717, 1.165) is 5.69 Å². The highest BCUT2D eigenvalue weighted by Gasteiger charge is 2.25. The minimum Gasteiger partial charge on any atom is -0.476 e. The average Bonchev–Trinajstić information content (AvgIpc) is 2.27. The second-order valence-electron chi connectivity index (χ2n) is 3.14. The second-order valence-corrected chi connectivity index (χ2v) is 3.57. The fourth-order valence-corrected chi connectivity index (χ4v) is 1.55. The van der Waals surface area contributed by atoms with Crippen molar-refractivity contribution in [1.29, 1.82) is 0 Å². The van der Waals surface area contributed by atoms with Crippen LogP contribution in [0.25, 0.3) is 0 Å². The summed E-state index contributed by atoms with van der Waals surface area (Å²) in [6.07, 6.45) is -0.608. The number of nitrogens with one attached hydrogen (secondary N) is 2. The fourth-order valence-electron chi connectivity index (χ4n) is 1.38. The maximum absolute atomic E-state index is 11.2. The SMILES string of the molecule is NNC(=O)[C@@H]1CNc2cc(Cl)ccc2O1. The smallest absolute Gasteiger partial charge is 0.276 e. The zero-order chi connectivity index (χ0) is 10.8. The largest absolute Gasteiger partial charge is 0.476 e. The molecule has 2 rings (SSSR count). The number of hydrogen-bond donors (Lipinski definition) is 3. The van der Waals surface area contributed by atoms with E-state index in [1.165, 1.54) is 0 Å². The van der Waals surface area contributed by atoms with E-state index >= 15 is 0 Å². The molecule has 5 nitrogen and oxygen atoms in total. The zero-order valence-electron chi connectivity index (χ0n) is 7.79. The van der Waals surface area contributed by atoms with Crippen molar-refractivity contribution in [1.82, 2.24) is 5.43 Å². The van der Waals surface area contributed by atoms with Crippen LogP contribution in [-0.4, -0.2) is 18.6 Å². The minimum atomic E-state index is -0.608. The van der Waals surface area contributed by atoms with Gasteiger partial charge >= 0.3 is 0 Å². The summed E-state index contributed by atoms with van der Waals surface area (Å²) in [6, 6.07) is 5.15. The van der Waals surface area contributed by atoms with Crippen LogP contribution in [-0.2, 0) is 4.79 Å². The van der Waals surface area contributed by atoms with Crippen molar-refractivity contribution < 1.29 is 9.53 Å². The van der Waals surface area contributed by atoms with Crippen molar-refractivity contribution >= 4 is 23.2 Å². The molecule has 0 fully saturated rings. The number of rotatable bonds is 1. The third-order valence-electron chi connectivity index (χ3n) is 2.12. The molecule has 0 unspecified atom stereocenters. The average molecular weight is 228 g/mol. The molecule has 1 heterocycles.